The van der Waals surface area contributed by atoms with Crippen molar-refractivity contribution in [2.24, 2.45) is 5.92 Å². The first kappa shape index (κ1) is 12.2. The lowest BCUT2D eigenvalue weighted by atomic mass is 10.1. The average molecular weight is 237 g/mol. The third kappa shape index (κ3) is 3.61. The van der Waals surface area contributed by atoms with Crippen molar-refractivity contribution in [3.8, 4) is 11.5 Å². The Labute approximate surface area is 101 Å². The van der Waals surface area contributed by atoms with Gasteiger partial charge in [0.1, 0.15) is 11.5 Å². The van der Waals surface area contributed by atoms with Crippen LogP contribution in [0.25, 0.3) is 0 Å². The summed E-state index contributed by atoms with van der Waals surface area (Å²) in [5, 5.41) is 22.0. The molecule has 0 amide bonds. The number of ether oxygens (including phenoxy) is 1. The monoisotopic (exact) mass is 237 g/mol. The number of rotatable bonds is 5. The predicted octanol–water partition coefficient (Wildman–Crippen LogP) is 1.61. The molecule has 3 N–H and O–H groups in total. The van der Waals surface area contributed by atoms with Crippen molar-refractivity contribution in [1.29, 1.82) is 0 Å². The van der Waals surface area contributed by atoms with Crippen LogP contribution in [0.3, 0.4) is 0 Å². The maximum absolute atomic E-state index is 9.58. The largest absolute Gasteiger partial charge is 0.508 e. The van der Waals surface area contributed by atoms with Crippen molar-refractivity contribution in [1.82, 2.24) is 5.32 Å². The van der Waals surface area contributed by atoms with Gasteiger partial charge in [0.25, 0.3) is 0 Å². The minimum absolute atomic E-state index is 0.0920. The van der Waals surface area contributed by atoms with Gasteiger partial charge in [-0.2, -0.15) is 0 Å². The van der Waals surface area contributed by atoms with Gasteiger partial charge < -0.3 is 20.3 Å². The Bertz CT molecular complexity index is 362. The van der Waals surface area contributed by atoms with Gasteiger partial charge in [0.2, 0.25) is 0 Å². The fourth-order valence-electron chi connectivity index (χ4n) is 2.04. The van der Waals surface area contributed by atoms with Crippen LogP contribution in [0, 0.1) is 5.92 Å². The van der Waals surface area contributed by atoms with Crippen molar-refractivity contribution in [3.05, 3.63) is 23.8 Å². The molecule has 0 radical (unpaired) electrons. The van der Waals surface area contributed by atoms with Crippen molar-refractivity contribution >= 4 is 0 Å². The highest BCUT2D eigenvalue weighted by atomic mass is 16.5. The molecule has 1 heterocycles. The summed E-state index contributed by atoms with van der Waals surface area (Å²) in [7, 11) is 0. The van der Waals surface area contributed by atoms with E-state index >= 15 is 0 Å². The Hall–Kier alpha value is -1.26. The fraction of sp³-hybridized carbons (Fsp3) is 0.538. The Morgan fingerprint density at radius 2 is 2.24 bits per heavy atom. The molecular weight excluding hydrogens is 218 g/mol. The zero-order valence-corrected chi connectivity index (χ0v) is 9.85. The smallest absolute Gasteiger partial charge is 0.123 e. The average Bonchev–Trinajstić information content (AvgIpc) is 2.79. The summed E-state index contributed by atoms with van der Waals surface area (Å²) >= 11 is 0. The van der Waals surface area contributed by atoms with Gasteiger partial charge in [0, 0.05) is 31.4 Å². The molecule has 1 aromatic rings. The second kappa shape index (κ2) is 5.89. The second-order valence-electron chi connectivity index (χ2n) is 4.51. The van der Waals surface area contributed by atoms with E-state index in [-0.39, 0.29) is 11.5 Å². The molecule has 94 valence electrons. The predicted molar refractivity (Wildman–Crippen MR) is 65.0 cm³/mol. The lowest BCUT2D eigenvalue weighted by molar-refractivity contribution is 0.184. The first-order valence-corrected chi connectivity index (χ1v) is 6.05. The second-order valence-corrected chi connectivity index (χ2v) is 4.51. The van der Waals surface area contributed by atoms with Crippen molar-refractivity contribution in [3.63, 3.8) is 0 Å². The zero-order valence-electron chi connectivity index (χ0n) is 9.85. The van der Waals surface area contributed by atoms with Crippen LogP contribution in [0.4, 0.5) is 0 Å². The summed E-state index contributed by atoms with van der Waals surface area (Å²) in [6.45, 7) is 3.32. The van der Waals surface area contributed by atoms with Crippen LogP contribution >= 0.6 is 0 Å². The molecule has 0 spiro atoms. The van der Waals surface area contributed by atoms with Gasteiger partial charge >= 0.3 is 0 Å². The highest BCUT2D eigenvalue weighted by Gasteiger charge is 2.14. The topological polar surface area (TPSA) is 61.7 Å². The molecule has 4 nitrogen and oxygen atoms in total. The minimum atomic E-state index is 0.0920. The van der Waals surface area contributed by atoms with Gasteiger partial charge in [0.05, 0.1) is 0 Å². The van der Waals surface area contributed by atoms with Crippen LogP contribution in [0.5, 0.6) is 11.5 Å². The van der Waals surface area contributed by atoms with Crippen molar-refractivity contribution < 1.29 is 14.9 Å². The SMILES string of the molecule is Oc1ccc(CNCCC2CCOC2)c(O)c1. The van der Waals surface area contributed by atoms with Gasteiger partial charge in [-0.1, -0.05) is 6.07 Å². The number of benzene rings is 1. The van der Waals surface area contributed by atoms with Crippen LogP contribution in [-0.2, 0) is 11.3 Å². The summed E-state index contributed by atoms with van der Waals surface area (Å²) in [6.07, 6.45) is 2.27. The summed E-state index contributed by atoms with van der Waals surface area (Å²) in [5.41, 5.74) is 0.811. The molecule has 17 heavy (non-hydrogen) atoms. The molecule has 1 aliphatic heterocycles. The summed E-state index contributed by atoms with van der Waals surface area (Å²) < 4.78 is 5.31. The number of hydrogen-bond donors (Lipinski definition) is 3. The van der Waals surface area contributed by atoms with Crippen LogP contribution in [0.15, 0.2) is 18.2 Å². The summed E-state index contributed by atoms with van der Waals surface area (Å²) in [4.78, 5) is 0. The Morgan fingerprint density at radius 3 is 2.94 bits per heavy atom. The quantitative estimate of drug-likeness (QED) is 0.681. The van der Waals surface area contributed by atoms with E-state index in [9.17, 15) is 5.11 Å². The molecule has 1 unspecified atom stereocenters. The highest BCUT2D eigenvalue weighted by Crippen LogP contribution is 2.22. The maximum atomic E-state index is 9.58. The lowest BCUT2D eigenvalue weighted by Gasteiger charge is -2.09. The van der Waals surface area contributed by atoms with Crippen LogP contribution in [0.1, 0.15) is 18.4 Å². The molecule has 1 atom stereocenters. The molecule has 0 aliphatic carbocycles. The summed E-state index contributed by atoms with van der Waals surface area (Å²) in [5.74, 6) is 0.909. The molecule has 0 saturated carbocycles. The Morgan fingerprint density at radius 1 is 1.35 bits per heavy atom. The number of hydrogen-bond acceptors (Lipinski definition) is 4. The number of nitrogens with one attached hydrogen (secondary N) is 1. The van der Waals surface area contributed by atoms with E-state index in [1.54, 1.807) is 12.1 Å². The van der Waals surface area contributed by atoms with Gasteiger partial charge in [-0.3, -0.25) is 0 Å². The minimum Gasteiger partial charge on any atom is -0.508 e. The molecule has 4 heteroatoms. The molecule has 0 bridgehead atoms. The van der Waals surface area contributed by atoms with Crippen molar-refractivity contribution in [2.45, 2.75) is 19.4 Å². The van der Waals surface area contributed by atoms with E-state index < -0.39 is 0 Å². The van der Waals surface area contributed by atoms with Gasteiger partial charge in [-0.25, -0.2) is 0 Å². The van der Waals surface area contributed by atoms with E-state index in [0.29, 0.717) is 12.5 Å². The van der Waals surface area contributed by atoms with E-state index in [1.165, 1.54) is 6.07 Å². The third-order valence-corrected chi connectivity index (χ3v) is 3.14. The highest BCUT2D eigenvalue weighted by molar-refractivity contribution is 5.38. The molecule has 1 aromatic carbocycles. The van der Waals surface area contributed by atoms with Gasteiger partial charge in [-0.05, 0) is 31.4 Å². The number of aromatic hydroxyl groups is 2. The maximum Gasteiger partial charge on any atom is 0.123 e. The van der Waals surface area contributed by atoms with E-state index in [2.05, 4.69) is 5.32 Å². The van der Waals surface area contributed by atoms with Gasteiger partial charge in [-0.15, -0.1) is 0 Å². The number of phenolic OH excluding ortho intramolecular Hbond substituents is 2. The molecule has 1 fully saturated rings. The van der Waals surface area contributed by atoms with Crippen molar-refractivity contribution in [2.75, 3.05) is 19.8 Å². The van der Waals surface area contributed by atoms with Crippen LogP contribution in [0.2, 0.25) is 0 Å². The lowest BCUT2D eigenvalue weighted by Crippen LogP contribution is -2.18. The molecule has 2 rings (SSSR count). The standard InChI is InChI=1S/C13H19NO3/c15-12-2-1-11(13(16)7-12)8-14-5-3-10-4-6-17-9-10/h1-2,7,10,14-16H,3-6,8-9H2. The Balaban J connectivity index is 1.70. The molecular formula is C13H19NO3. The van der Waals surface area contributed by atoms with E-state index in [4.69, 9.17) is 9.84 Å². The first-order valence-electron chi connectivity index (χ1n) is 6.05. The number of phenols is 2. The van der Waals surface area contributed by atoms with E-state index in [1.807, 2.05) is 0 Å². The third-order valence-electron chi connectivity index (χ3n) is 3.14. The zero-order chi connectivity index (χ0) is 12.1. The van der Waals surface area contributed by atoms with E-state index in [0.717, 1.165) is 38.2 Å². The normalized spacial score (nSPS) is 19.6. The fourth-order valence-corrected chi connectivity index (χ4v) is 2.04. The van der Waals surface area contributed by atoms with Gasteiger partial charge in [0.15, 0.2) is 0 Å². The molecule has 1 saturated heterocycles. The molecule has 0 aromatic heterocycles. The molecule has 1 aliphatic rings. The van der Waals surface area contributed by atoms with Crippen LogP contribution < -0.4 is 5.32 Å². The first-order chi connectivity index (χ1) is 8.25. The Kier molecular flexibility index (Phi) is 4.23. The summed E-state index contributed by atoms with van der Waals surface area (Å²) in [6, 6.07) is 4.68. The van der Waals surface area contributed by atoms with Crippen LogP contribution in [-0.4, -0.2) is 30.0 Å².